The summed E-state index contributed by atoms with van der Waals surface area (Å²) < 4.78 is 0. The van der Waals surface area contributed by atoms with Crippen LogP contribution in [0.15, 0.2) is 42.6 Å². The number of rotatable bonds is 4. The molecule has 1 aromatic heterocycles. The molecule has 1 aliphatic rings. The Morgan fingerprint density at radius 1 is 1.29 bits per heavy atom. The molecule has 1 aromatic carbocycles. The summed E-state index contributed by atoms with van der Waals surface area (Å²) in [5.74, 6) is 6.29. The fourth-order valence-corrected chi connectivity index (χ4v) is 3.36. The molecule has 2 unspecified atom stereocenters. The van der Waals surface area contributed by atoms with Gasteiger partial charge < -0.3 is 0 Å². The van der Waals surface area contributed by atoms with Gasteiger partial charge in [-0.05, 0) is 54.9 Å². The summed E-state index contributed by atoms with van der Waals surface area (Å²) in [4.78, 5) is 4.40. The first-order valence-corrected chi connectivity index (χ1v) is 7.81. The monoisotopic (exact) mass is 301 g/mol. The first-order chi connectivity index (χ1) is 10.3. The zero-order chi connectivity index (χ0) is 14.7. The second-order valence-corrected chi connectivity index (χ2v) is 6.08. The van der Waals surface area contributed by atoms with E-state index in [1.165, 1.54) is 30.4 Å². The molecule has 2 aromatic rings. The minimum atomic E-state index is 0.0541. The van der Waals surface area contributed by atoms with Crippen LogP contribution in [-0.2, 0) is 6.42 Å². The molecule has 3 nitrogen and oxygen atoms in total. The zero-order valence-electron chi connectivity index (χ0n) is 11.9. The van der Waals surface area contributed by atoms with E-state index in [9.17, 15) is 0 Å². The predicted molar refractivity (Wildman–Crippen MR) is 86.0 cm³/mol. The van der Waals surface area contributed by atoms with E-state index >= 15 is 0 Å². The van der Waals surface area contributed by atoms with Crippen LogP contribution in [0.1, 0.15) is 48.0 Å². The van der Waals surface area contributed by atoms with Crippen molar-refractivity contribution in [2.75, 3.05) is 0 Å². The van der Waals surface area contributed by atoms with Crippen molar-refractivity contribution in [3.05, 3.63) is 64.4 Å². The molecule has 0 radical (unpaired) electrons. The van der Waals surface area contributed by atoms with Crippen molar-refractivity contribution in [1.29, 1.82) is 0 Å². The van der Waals surface area contributed by atoms with Crippen LogP contribution < -0.4 is 11.3 Å². The third-order valence-corrected chi connectivity index (χ3v) is 4.55. The average Bonchev–Trinajstić information content (AvgIpc) is 2.54. The van der Waals surface area contributed by atoms with Crippen LogP contribution in [0.5, 0.6) is 0 Å². The Labute approximate surface area is 130 Å². The van der Waals surface area contributed by atoms with E-state index < -0.39 is 0 Å². The van der Waals surface area contributed by atoms with Gasteiger partial charge in [-0.3, -0.25) is 16.3 Å². The van der Waals surface area contributed by atoms with Crippen molar-refractivity contribution in [2.24, 2.45) is 5.84 Å². The number of hydrogen-bond acceptors (Lipinski definition) is 3. The van der Waals surface area contributed by atoms with Gasteiger partial charge >= 0.3 is 0 Å². The highest BCUT2D eigenvalue weighted by molar-refractivity contribution is 6.30. The van der Waals surface area contributed by atoms with Crippen LogP contribution >= 0.6 is 11.6 Å². The van der Waals surface area contributed by atoms with Gasteiger partial charge in [-0.2, -0.15) is 0 Å². The lowest BCUT2D eigenvalue weighted by Gasteiger charge is -2.28. The van der Waals surface area contributed by atoms with Crippen LogP contribution in [0.25, 0.3) is 0 Å². The Morgan fingerprint density at radius 2 is 2.14 bits per heavy atom. The summed E-state index contributed by atoms with van der Waals surface area (Å²) in [6.07, 6.45) is 6.28. The summed E-state index contributed by atoms with van der Waals surface area (Å²) in [5.41, 5.74) is 6.81. The van der Waals surface area contributed by atoms with Gasteiger partial charge in [-0.15, -0.1) is 0 Å². The van der Waals surface area contributed by atoms with Gasteiger partial charge in [0.25, 0.3) is 0 Å². The molecule has 0 bridgehead atoms. The van der Waals surface area contributed by atoms with Gasteiger partial charge in [-0.1, -0.05) is 35.9 Å². The fourth-order valence-electron chi connectivity index (χ4n) is 3.25. The number of aromatic nitrogens is 1. The highest BCUT2D eigenvalue weighted by Crippen LogP contribution is 2.37. The molecule has 3 N–H and O–H groups in total. The SMILES string of the molecule is NNC(CC1CCCc2ccccc21)c1ccc(Cl)cn1. The molecule has 4 heteroatoms. The maximum atomic E-state index is 5.90. The van der Waals surface area contributed by atoms with Crippen LogP contribution in [0, 0.1) is 0 Å². The third kappa shape index (κ3) is 3.26. The smallest absolute Gasteiger partial charge is 0.0638 e. The van der Waals surface area contributed by atoms with Crippen molar-refractivity contribution in [2.45, 2.75) is 37.6 Å². The Balaban J connectivity index is 1.80. The third-order valence-electron chi connectivity index (χ3n) is 4.32. The minimum Gasteiger partial charge on any atom is -0.271 e. The molecule has 0 saturated carbocycles. The van der Waals surface area contributed by atoms with E-state index in [0.29, 0.717) is 10.9 Å². The summed E-state index contributed by atoms with van der Waals surface area (Å²) in [6.45, 7) is 0. The van der Waals surface area contributed by atoms with Gasteiger partial charge in [0.15, 0.2) is 0 Å². The molecule has 3 rings (SSSR count). The maximum absolute atomic E-state index is 5.90. The first-order valence-electron chi connectivity index (χ1n) is 7.43. The van der Waals surface area contributed by atoms with Crippen LogP contribution in [0.3, 0.4) is 0 Å². The number of nitrogens with two attached hydrogens (primary N) is 1. The molecular weight excluding hydrogens is 282 g/mol. The van der Waals surface area contributed by atoms with Crippen molar-refractivity contribution in [3.8, 4) is 0 Å². The largest absolute Gasteiger partial charge is 0.271 e. The second kappa shape index (κ2) is 6.56. The number of halogens is 1. The van der Waals surface area contributed by atoms with Gasteiger partial charge in [0.2, 0.25) is 0 Å². The molecule has 1 aliphatic carbocycles. The van der Waals surface area contributed by atoms with Crippen molar-refractivity contribution in [1.82, 2.24) is 10.4 Å². The lowest BCUT2D eigenvalue weighted by atomic mass is 9.79. The Bertz CT molecular complexity index is 597. The number of benzene rings is 1. The van der Waals surface area contributed by atoms with E-state index in [4.69, 9.17) is 17.4 Å². The standard InChI is InChI=1S/C17H20ClN3/c18-14-8-9-16(20-11-14)17(21-19)10-13-6-3-5-12-4-1-2-7-15(12)13/h1-2,4,7-9,11,13,17,21H,3,5-6,10,19H2. The number of aryl methyl sites for hydroxylation is 1. The minimum absolute atomic E-state index is 0.0541. The predicted octanol–water partition coefficient (Wildman–Crippen LogP) is 3.75. The lowest BCUT2D eigenvalue weighted by molar-refractivity contribution is 0.419. The number of hydrogen-bond donors (Lipinski definition) is 2. The highest BCUT2D eigenvalue weighted by atomic mass is 35.5. The van der Waals surface area contributed by atoms with Crippen molar-refractivity contribution < 1.29 is 0 Å². The quantitative estimate of drug-likeness (QED) is 0.668. The molecule has 2 atom stereocenters. The van der Waals surface area contributed by atoms with Crippen LogP contribution in [0.2, 0.25) is 5.02 Å². The topological polar surface area (TPSA) is 50.9 Å². The molecule has 0 aliphatic heterocycles. The fraction of sp³-hybridized carbons (Fsp3) is 0.353. The number of pyridine rings is 1. The summed E-state index contributed by atoms with van der Waals surface area (Å²) in [7, 11) is 0. The second-order valence-electron chi connectivity index (χ2n) is 5.64. The Morgan fingerprint density at radius 3 is 2.90 bits per heavy atom. The molecular formula is C17H20ClN3. The average molecular weight is 302 g/mol. The highest BCUT2D eigenvalue weighted by Gasteiger charge is 2.24. The maximum Gasteiger partial charge on any atom is 0.0638 e. The summed E-state index contributed by atoms with van der Waals surface area (Å²) >= 11 is 5.90. The molecule has 0 amide bonds. The van der Waals surface area contributed by atoms with Gasteiger partial charge in [0, 0.05) is 6.20 Å². The van der Waals surface area contributed by atoms with Gasteiger partial charge in [-0.25, -0.2) is 0 Å². The van der Waals surface area contributed by atoms with E-state index in [0.717, 1.165) is 12.1 Å². The number of hydrazine groups is 1. The molecule has 1 heterocycles. The normalized spacial score (nSPS) is 19.0. The van der Waals surface area contributed by atoms with Crippen LogP contribution in [0.4, 0.5) is 0 Å². The van der Waals surface area contributed by atoms with E-state index in [2.05, 4.69) is 34.7 Å². The summed E-state index contributed by atoms with van der Waals surface area (Å²) in [6, 6.07) is 12.6. The number of fused-ring (bicyclic) bond motifs is 1. The number of nitrogens with one attached hydrogen (secondary N) is 1. The molecule has 21 heavy (non-hydrogen) atoms. The van der Waals surface area contributed by atoms with Crippen molar-refractivity contribution >= 4 is 11.6 Å². The van der Waals surface area contributed by atoms with E-state index in [-0.39, 0.29) is 6.04 Å². The molecule has 0 saturated heterocycles. The van der Waals surface area contributed by atoms with E-state index in [1.807, 2.05) is 12.1 Å². The summed E-state index contributed by atoms with van der Waals surface area (Å²) in [5, 5.41) is 0.650. The van der Waals surface area contributed by atoms with Crippen molar-refractivity contribution in [3.63, 3.8) is 0 Å². The van der Waals surface area contributed by atoms with Gasteiger partial charge in [0.1, 0.15) is 0 Å². The van der Waals surface area contributed by atoms with Gasteiger partial charge in [0.05, 0.1) is 16.8 Å². The lowest BCUT2D eigenvalue weighted by Crippen LogP contribution is -2.30. The molecule has 0 fully saturated rings. The first kappa shape index (κ1) is 14.5. The zero-order valence-corrected chi connectivity index (χ0v) is 12.7. The Kier molecular flexibility index (Phi) is 4.54. The molecule has 110 valence electrons. The van der Waals surface area contributed by atoms with Crippen LogP contribution in [-0.4, -0.2) is 4.98 Å². The number of nitrogens with zero attached hydrogens (tertiary/aromatic N) is 1. The Hall–Kier alpha value is -1.42. The van der Waals surface area contributed by atoms with E-state index in [1.54, 1.807) is 6.20 Å². The molecule has 0 spiro atoms.